The number of aliphatic hydroxyl groups excluding tert-OH is 2. The van der Waals surface area contributed by atoms with Crippen molar-refractivity contribution in [2.45, 2.75) is 105 Å². The molecule has 5 heteroatoms. The normalized spacial score (nSPS) is 42.8. The van der Waals surface area contributed by atoms with Crippen LogP contribution in [0.25, 0.3) is 0 Å². The number of aliphatic hydroxyl groups is 2. The fourth-order valence-electron chi connectivity index (χ4n) is 8.42. The number of esters is 1. The van der Waals surface area contributed by atoms with Gasteiger partial charge in [0.2, 0.25) is 0 Å². The standard InChI is InChI=1S/C27H49NO4/c1-17(7-10-23(31)32-25(2,3)4)19-8-9-20-24-21(11-12-27(19,20)6)26(5,13-14-28)18(16-29)15-22(24)30/h17-22,24,29-30H,7-16,28H2,1-6H3/t17-,18-,19-,20+,21+,22+,24+,26+,27-/m1/s1. The summed E-state index contributed by atoms with van der Waals surface area (Å²) < 4.78 is 5.53. The highest BCUT2D eigenvalue weighted by atomic mass is 16.6. The van der Waals surface area contributed by atoms with Crippen LogP contribution in [-0.2, 0) is 9.53 Å². The first kappa shape index (κ1) is 26.0. The molecule has 0 aromatic heterocycles. The maximum Gasteiger partial charge on any atom is 0.306 e. The van der Waals surface area contributed by atoms with Crippen LogP contribution in [-0.4, -0.2) is 41.0 Å². The SMILES string of the molecule is C[C@H](CCC(=O)OC(C)(C)C)[C@H]1CC[C@H]2[C@@H]3[C@@H](O)C[C@H](CO)[C@](C)(CCN)[C@H]3CC[C@]12C. The quantitative estimate of drug-likeness (QED) is 0.495. The van der Waals surface area contributed by atoms with E-state index in [9.17, 15) is 15.0 Å². The van der Waals surface area contributed by atoms with Crippen LogP contribution in [0.2, 0.25) is 0 Å². The van der Waals surface area contributed by atoms with E-state index in [4.69, 9.17) is 10.5 Å². The molecule has 186 valence electrons. The van der Waals surface area contributed by atoms with E-state index < -0.39 is 5.60 Å². The summed E-state index contributed by atoms with van der Waals surface area (Å²) in [6.45, 7) is 13.6. The van der Waals surface area contributed by atoms with Crippen LogP contribution >= 0.6 is 0 Å². The van der Waals surface area contributed by atoms with Gasteiger partial charge in [-0.3, -0.25) is 4.79 Å². The summed E-state index contributed by atoms with van der Waals surface area (Å²) in [5.41, 5.74) is 5.82. The van der Waals surface area contributed by atoms with Crippen LogP contribution in [0, 0.1) is 46.3 Å². The minimum Gasteiger partial charge on any atom is -0.460 e. The Balaban J connectivity index is 1.74. The Hall–Kier alpha value is -0.650. The highest BCUT2D eigenvalue weighted by Gasteiger charge is 2.62. The van der Waals surface area contributed by atoms with Gasteiger partial charge in [-0.05, 0) is 119 Å². The molecule has 0 saturated heterocycles. The number of carbonyl (C=O) groups is 1. The molecule has 9 atom stereocenters. The molecule has 3 saturated carbocycles. The van der Waals surface area contributed by atoms with Crippen LogP contribution in [0.3, 0.4) is 0 Å². The Morgan fingerprint density at radius 2 is 1.88 bits per heavy atom. The van der Waals surface area contributed by atoms with Crippen LogP contribution in [0.15, 0.2) is 0 Å². The number of hydrogen-bond acceptors (Lipinski definition) is 5. The Morgan fingerprint density at radius 3 is 2.47 bits per heavy atom. The van der Waals surface area contributed by atoms with E-state index in [2.05, 4.69) is 20.8 Å². The molecule has 0 heterocycles. The highest BCUT2D eigenvalue weighted by Crippen LogP contribution is 2.67. The molecule has 5 nitrogen and oxygen atoms in total. The third-order valence-corrected chi connectivity index (χ3v) is 9.97. The summed E-state index contributed by atoms with van der Waals surface area (Å²) in [7, 11) is 0. The number of ether oxygens (including phenoxy) is 1. The fraction of sp³-hybridized carbons (Fsp3) is 0.963. The number of nitrogens with two attached hydrogens (primary N) is 1. The van der Waals surface area contributed by atoms with Crippen LogP contribution < -0.4 is 5.73 Å². The minimum absolute atomic E-state index is 0.00907. The Morgan fingerprint density at radius 1 is 1.19 bits per heavy atom. The van der Waals surface area contributed by atoms with E-state index in [1.54, 1.807) is 0 Å². The van der Waals surface area contributed by atoms with Crippen molar-refractivity contribution < 1.29 is 19.7 Å². The predicted molar refractivity (Wildman–Crippen MR) is 128 cm³/mol. The first-order chi connectivity index (χ1) is 14.9. The summed E-state index contributed by atoms with van der Waals surface area (Å²) >= 11 is 0. The fourth-order valence-corrected chi connectivity index (χ4v) is 8.42. The number of rotatable bonds is 7. The summed E-state index contributed by atoms with van der Waals surface area (Å²) in [5, 5.41) is 21.4. The average Bonchev–Trinajstić information content (AvgIpc) is 3.04. The van der Waals surface area contributed by atoms with Crippen LogP contribution in [0.4, 0.5) is 0 Å². The van der Waals surface area contributed by atoms with Gasteiger partial charge in [-0.15, -0.1) is 0 Å². The topological polar surface area (TPSA) is 92.8 Å². The molecule has 0 amide bonds. The van der Waals surface area contributed by atoms with Crippen molar-refractivity contribution in [1.29, 1.82) is 0 Å². The largest absolute Gasteiger partial charge is 0.460 e. The molecule has 3 fully saturated rings. The lowest BCUT2D eigenvalue weighted by molar-refractivity contribution is -0.163. The van der Waals surface area contributed by atoms with E-state index in [0.717, 1.165) is 19.3 Å². The summed E-state index contributed by atoms with van der Waals surface area (Å²) in [5.74, 6) is 2.34. The molecule has 0 radical (unpaired) electrons. The molecule has 3 aliphatic carbocycles. The number of hydrogen-bond donors (Lipinski definition) is 3. The molecule has 4 N–H and O–H groups in total. The van der Waals surface area contributed by atoms with Gasteiger partial charge in [0, 0.05) is 13.0 Å². The smallest absolute Gasteiger partial charge is 0.306 e. The van der Waals surface area contributed by atoms with Crippen LogP contribution in [0.5, 0.6) is 0 Å². The number of fused-ring (bicyclic) bond motifs is 3. The average molecular weight is 452 g/mol. The van der Waals surface area contributed by atoms with Gasteiger partial charge in [0.1, 0.15) is 5.60 Å². The van der Waals surface area contributed by atoms with Gasteiger partial charge in [-0.2, -0.15) is 0 Å². The van der Waals surface area contributed by atoms with Gasteiger partial charge in [0.05, 0.1) is 6.10 Å². The molecule has 0 bridgehead atoms. The molecule has 0 unspecified atom stereocenters. The first-order valence-electron chi connectivity index (χ1n) is 13.1. The van der Waals surface area contributed by atoms with Crippen molar-refractivity contribution in [3.8, 4) is 0 Å². The van der Waals surface area contributed by atoms with Gasteiger partial charge in [0.15, 0.2) is 0 Å². The van der Waals surface area contributed by atoms with Crippen molar-refractivity contribution in [2.24, 2.45) is 52.1 Å². The van der Waals surface area contributed by atoms with Crippen molar-refractivity contribution in [1.82, 2.24) is 0 Å². The zero-order valence-corrected chi connectivity index (χ0v) is 21.4. The van der Waals surface area contributed by atoms with Gasteiger partial charge in [-0.1, -0.05) is 20.8 Å². The lowest BCUT2D eigenvalue weighted by atomic mass is 9.45. The Labute approximate surface area is 195 Å². The van der Waals surface area contributed by atoms with E-state index in [1.165, 1.54) is 19.3 Å². The molecule has 3 rings (SSSR count). The van der Waals surface area contributed by atoms with Crippen LogP contribution in [0.1, 0.15) is 92.9 Å². The van der Waals surface area contributed by atoms with Gasteiger partial charge in [0.25, 0.3) is 0 Å². The maximum atomic E-state index is 12.3. The molecule has 0 spiro atoms. The maximum absolute atomic E-state index is 12.3. The Kier molecular flexibility index (Phi) is 7.74. The lowest BCUT2D eigenvalue weighted by Gasteiger charge is -2.60. The monoisotopic (exact) mass is 451 g/mol. The Bertz CT molecular complexity index is 661. The van der Waals surface area contributed by atoms with Crippen molar-refractivity contribution >= 4 is 5.97 Å². The molecule has 0 aromatic carbocycles. The molecular weight excluding hydrogens is 402 g/mol. The molecule has 0 aliphatic heterocycles. The molecule has 3 aliphatic rings. The third kappa shape index (κ3) is 4.77. The van der Waals surface area contributed by atoms with Gasteiger partial charge >= 0.3 is 5.97 Å². The van der Waals surface area contributed by atoms with Crippen molar-refractivity contribution in [3.05, 3.63) is 0 Å². The second-order valence-corrected chi connectivity index (χ2v) is 12.8. The zero-order valence-electron chi connectivity index (χ0n) is 21.4. The zero-order chi connectivity index (χ0) is 23.9. The van der Waals surface area contributed by atoms with E-state index >= 15 is 0 Å². The van der Waals surface area contributed by atoms with E-state index in [0.29, 0.717) is 49.0 Å². The van der Waals surface area contributed by atoms with Crippen molar-refractivity contribution in [2.75, 3.05) is 13.2 Å². The van der Waals surface area contributed by atoms with E-state index in [-0.39, 0.29) is 35.4 Å². The van der Waals surface area contributed by atoms with Gasteiger partial charge in [-0.25, -0.2) is 0 Å². The summed E-state index contributed by atoms with van der Waals surface area (Å²) in [6.07, 6.45) is 7.27. The van der Waals surface area contributed by atoms with Gasteiger partial charge < -0.3 is 20.7 Å². The second-order valence-electron chi connectivity index (χ2n) is 12.8. The third-order valence-electron chi connectivity index (χ3n) is 9.97. The second kappa shape index (κ2) is 9.54. The summed E-state index contributed by atoms with van der Waals surface area (Å²) in [4.78, 5) is 12.3. The summed E-state index contributed by atoms with van der Waals surface area (Å²) in [6, 6.07) is 0. The molecule has 0 aromatic rings. The molecule has 32 heavy (non-hydrogen) atoms. The first-order valence-corrected chi connectivity index (χ1v) is 13.1. The van der Waals surface area contributed by atoms with Crippen molar-refractivity contribution in [3.63, 3.8) is 0 Å². The molecular formula is C27H49NO4. The highest BCUT2D eigenvalue weighted by molar-refractivity contribution is 5.69. The minimum atomic E-state index is -0.428. The van der Waals surface area contributed by atoms with E-state index in [1.807, 2.05) is 20.8 Å². The predicted octanol–water partition coefficient (Wildman–Crippen LogP) is 4.53. The lowest BCUT2D eigenvalue weighted by Crippen LogP contribution is -2.58. The number of carbonyl (C=O) groups excluding carboxylic acids is 1.